The Morgan fingerprint density at radius 3 is 2.25 bits per heavy atom. The van der Waals surface area contributed by atoms with Crippen molar-refractivity contribution in [1.29, 1.82) is 0 Å². The molecule has 0 heterocycles. The first kappa shape index (κ1) is 15.4. The molecule has 3 heteroatoms. The van der Waals surface area contributed by atoms with Gasteiger partial charge in [-0.2, -0.15) is 0 Å². The summed E-state index contributed by atoms with van der Waals surface area (Å²) in [6, 6.07) is 16.6. The fourth-order valence-electron chi connectivity index (χ4n) is 2.38. The van der Waals surface area contributed by atoms with Gasteiger partial charge in [0.2, 0.25) is 0 Å². The molecule has 2 aromatic carbocycles. The van der Waals surface area contributed by atoms with Gasteiger partial charge >= 0.3 is 0 Å². The zero-order chi connectivity index (χ0) is 14.5. The summed E-state index contributed by atoms with van der Waals surface area (Å²) < 4.78 is 0. The Hall–Kier alpha value is -1.02. The van der Waals surface area contributed by atoms with E-state index in [2.05, 4.69) is 37.4 Å². The summed E-state index contributed by atoms with van der Waals surface area (Å²) in [4.78, 5) is 0. The second-order valence-corrected chi connectivity index (χ2v) is 5.99. The van der Waals surface area contributed by atoms with Crippen LogP contribution in [-0.4, -0.2) is 6.04 Å². The van der Waals surface area contributed by atoms with E-state index in [-0.39, 0.29) is 6.04 Å². The van der Waals surface area contributed by atoms with Crippen LogP contribution in [0.4, 0.5) is 0 Å². The van der Waals surface area contributed by atoms with Gasteiger partial charge in [0.05, 0.1) is 0 Å². The molecule has 1 unspecified atom stereocenters. The molecule has 20 heavy (non-hydrogen) atoms. The summed E-state index contributed by atoms with van der Waals surface area (Å²) >= 11 is 12.1. The highest BCUT2D eigenvalue weighted by molar-refractivity contribution is 6.31. The molecule has 106 valence electrons. The van der Waals surface area contributed by atoms with E-state index < -0.39 is 0 Å². The number of hydrogen-bond donors (Lipinski definition) is 1. The molecule has 0 spiro atoms. The Morgan fingerprint density at radius 2 is 1.60 bits per heavy atom. The van der Waals surface area contributed by atoms with Crippen molar-refractivity contribution in [3.05, 3.63) is 69.7 Å². The van der Waals surface area contributed by atoms with Gasteiger partial charge in [-0.25, -0.2) is 0 Å². The van der Waals surface area contributed by atoms with Crippen molar-refractivity contribution in [3.8, 4) is 0 Å². The van der Waals surface area contributed by atoms with E-state index in [0.29, 0.717) is 6.04 Å². The first-order valence-corrected chi connectivity index (χ1v) is 7.57. The van der Waals surface area contributed by atoms with Gasteiger partial charge in [-0.05, 0) is 49.6 Å². The lowest BCUT2D eigenvalue weighted by atomic mass is 10.0. The van der Waals surface area contributed by atoms with Crippen molar-refractivity contribution in [2.75, 3.05) is 0 Å². The Morgan fingerprint density at radius 1 is 0.950 bits per heavy atom. The molecular weight excluding hydrogens is 289 g/mol. The summed E-state index contributed by atoms with van der Waals surface area (Å²) in [6.07, 6.45) is 0.964. The van der Waals surface area contributed by atoms with E-state index in [1.807, 2.05) is 30.3 Å². The number of benzene rings is 2. The van der Waals surface area contributed by atoms with Crippen LogP contribution < -0.4 is 5.32 Å². The van der Waals surface area contributed by atoms with Crippen molar-refractivity contribution in [3.63, 3.8) is 0 Å². The predicted molar refractivity (Wildman–Crippen MR) is 87.6 cm³/mol. The third-order valence-corrected chi connectivity index (χ3v) is 3.96. The third-order valence-electron chi connectivity index (χ3n) is 3.36. The van der Waals surface area contributed by atoms with Crippen molar-refractivity contribution in [1.82, 2.24) is 5.32 Å². The first-order chi connectivity index (χ1) is 9.56. The number of rotatable bonds is 5. The molecule has 0 aromatic heterocycles. The molecule has 1 nitrogen and oxygen atoms in total. The molecule has 0 radical (unpaired) electrons. The quantitative estimate of drug-likeness (QED) is 0.793. The molecule has 0 aliphatic carbocycles. The Labute approximate surface area is 130 Å². The summed E-state index contributed by atoms with van der Waals surface area (Å²) in [6.45, 7) is 4.32. The first-order valence-electron chi connectivity index (χ1n) is 6.81. The summed E-state index contributed by atoms with van der Waals surface area (Å²) in [5.74, 6) is 0. The van der Waals surface area contributed by atoms with E-state index in [9.17, 15) is 0 Å². The predicted octanol–water partition coefficient (Wildman–Crippen LogP) is 5.28. The Bertz CT molecular complexity index is 551. The van der Waals surface area contributed by atoms with Crippen LogP contribution in [0.25, 0.3) is 0 Å². The van der Waals surface area contributed by atoms with Gasteiger partial charge in [0.15, 0.2) is 0 Å². The van der Waals surface area contributed by atoms with Crippen molar-refractivity contribution in [2.24, 2.45) is 0 Å². The smallest absolute Gasteiger partial charge is 0.0453 e. The maximum atomic E-state index is 6.23. The molecule has 0 aliphatic rings. The van der Waals surface area contributed by atoms with Crippen LogP contribution in [0.3, 0.4) is 0 Å². The topological polar surface area (TPSA) is 12.0 Å². The Balaban J connectivity index is 1.96. The molecule has 2 aromatic rings. The highest BCUT2D eigenvalue weighted by atomic mass is 35.5. The van der Waals surface area contributed by atoms with Crippen molar-refractivity contribution in [2.45, 2.75) is 32.4 Å². The van der Waals surface area contributed by atoms with E-state index in [1.165, 1.54) is 5.56 Å². The Kier molecular flexibility index (Phi) is 5.47. The summed E-state index contributed by atoms with van der Waals surface area (Å²) in [7, 11) is 0. The molecular formula is C17H19Cl2N. The third kappa shape index (κ3) is 4.24. The minimum absolute atomic E-state index is 0.228. The van der Waals surface area contributed by atoms with Gasteiger partial charge in [0.1, 0.15) is 0 Å². The van der Waals surface area contributed by atoms with Crippen LogP contribution in [0.15, 0.2) is 48.5 Å². The van der Waals surface area contributed by atoms with Crippen molar-refractivity contribution < 1.29 is 0 Å². The molecule has 0 saturated heterocycles. The van der Waals surface area contributed by atoms with Gasteiger partial charge in [0, 0.05) is 22.1 Å². The van der Waals surface area contributed by atoms with Gasteiger partial charge in [-0.15, -0.1) is 0 Å². The van der Waals surface area contributed by atoms with E-state index in [4.69, 9.17) is 23.2 Å². The van der Waals surface area contributed by atoms with Crippen LogP contribution >= 0.6 is 23.2 Å². The fourth-order valence-corrected chi connectivity index (χ4v) is 2.80. The zero-order valence-corrected chi connectivity index (χ0v) is 13.2. The maximum absolute atomic E-state index is 6.23. The molecule has 2 atom stereocenters. The van der Waals surface area contributed by atoms with Crippen molar-refractivity contribution >= 4 is 23.2 Å². The summed E-state index contributed by atoms with van der Waals surface area (Å²) in [5, 5.41) is 5.17. The average Bonchev–Trinajstić information content (AvgIpc) is 2.41. The van der Waals surface area contributed by atoms with E-state index >= 15 is 0 Å². The van der Waals surface area contributed by atoms with E-state index in [0.717, 1.165) is 22.0 Å². The lowest BCUT2D eigenvalue weighted by molar-refractivity contribution is 0.477. The standard InChI is InChI=1S/C17H19Cl2N/c1-12(11-14-7-9-15(18)10-8-14)20-13(2)16-5-3-4-6-17(16)19/h3-10,12-13,20H,11H2,1-2H3/t12?,13-/m0/s1. The van der Waals surface area contributed by atoms with Gasteiger partial charge in [-0.1, -0.05) is 53.5 Å². The van der Waals surface area contributed by atoms with Crippen LogP contribution in [-0.2, 0) is 6.42 Å². The van der Waals surface area contributed by atoms with Crippen LogP contribution in [0.2, 0.25) is 10.0 Å². The SMILES string of the molecule is CC(Cc1ccc(Cl)cc1)N[C@@H](C)c1ccccc1Cl. The normalized spacial score (nSPS) is 14.0. The fraction of sp³-hybridized carbons (Fsp3) is 0.294. The second-order valence-electron chi connectivity index (χ2n) is 5.14. The molecule has 2 rings (SSSR count). The lowest BCUT2D eigenvalue weighted by Crippen LogP contribution is -2.30. The minimum atomic E-state index is 0.228. The average molecular weight is 308 g/mol. The molecule has 0 aliphatic heterocycles. The molecule has 1 N–H and O–H groups in total. The highest BCUT2D eigenvalue weighted by Crippen LogP contribution is 2.23. The van der Waals surface area contributed by atoms with Crippen LogP contribution in [0.5, 0.6) is 0 Å². The molecule has 0 saturated carbocycles. The number of halogens is 2. The lowest BCUT2D eigenvalue weighted by Gasteiger charge is -2.21. The number of hydrogen-bond acceptors (Lipinski definition) is 1. The van der Waals surface area contributed by atoms with Gasteiger partial charge < -0.3 is 5.32 Å². The number of nitrogens with one attached hydrogen (secondary N) is 1. The zero-order valence-electron chi connectivity index (χ0n) is 11.7. The van der Waals surface area contributed by atoms with Crippen LogP contribution in [0, 0.1) is 0 Å². The van der Waals surface area contributed by atoms with Gasteiger partial charge in [-0.3, -0.25) is 0 Å². The summed E-state index contributed by atoms with van der Waals surface area (Å²) in [5.41, 5.74) is 2.41. The minimum Gasteiger partial charge on any atom is -0.307 e. The maximum Gasteiger partial charge on any atom is 0.0453 e. The molecule has 0 amide bonds. The molecule has 0 bridgehead atoms. The molecule has 0 fully saturated rings. The van der Waals surface area contributed by atoms with Gasteiger partial charge in [0.25, 0.3) is 0 Å². The van der Waals surface area contributed by atoms with Crippen LogP contribution in [0.1, 0.15) is 31.0 Å². The van der Waals surface area contributed by atoms with E-state index in [1.54, 1.807) is 0 Å². The largest absolute Gasteiger partial charge is 0.307 e. The second kappa shape index (κ2) is 7.12. The monoisotopic (exact) mass is 307 g/mol. The highest BCUT2D eigenvalue weighted by Gasteiger charge is 2.12.